The van der Waals surface area contributed by atoms with Gasteiger partial charge in [-0.3, -0.25) is 102 Å². The van der Waals surface area contributed by atoms with E-state index in [0.29, 0.717) is 56.5 Å². The van der Waals surface area contributed by atoms with Crippen LogP contribution in [0.2, 0.25) is 0 Å². The molecule has 138 heavy (non-hydrogen) atoms. The number of Topliss-reactive ketones (excluding diaryl/α,β-unsaturated/α-hetero) is 2. The number of primary amides is 1. The largest absolute Gasteiger partial charge is 0.481 e. The van der Waals surface area contributed by atoms with Crippen LogP contribution in [0.1, 0.15) is 154 Å². The van der Waals surface area contributed by atoms with Gasteiger partial charge in [0.15, 0.2) is 11.6 Å². The van der Waals surface area contributed by atoms with Gasteiger partial charge in [-0.2, -0.15) is 44.4 Å². The number of likely N-dealkylation sites (N-methyl/N-ethyl adjacent to an activating group) is 1. The normalized spacial score (nSPS) is 24.2. The first-order valence-electron chi connectivity index (χ1n) is 45.0. The molecule has 3 unspecified atom stereocenters. The number of nitrogens with one attached hydrogen (secondary N) is 14. The molecule has 1 saturated heterocycles. The van der Waals surface area contributed by atoms with Gasteiger partial charge in [-0.15, -0.1) is 0 Å². The zero-order valence-electron chi connectivity index (χ0n) is 78.4. The van der Waals surface area contributed by atoms with E-state index in [1.807, 2.05) is 0 Å². The van der Waals surface area contributed by atoms with Crippen LogP contribution in [-0.4, -0.2) is 329 Å². The molecule has 23 N–H and O–H groups in total. The van der Waals surface area contributed by atoms with Gasteiger partial charge in [0.05, 0.1) is 48.8 Å². The number of aliphatic carboxylic acids is 2. The number of carboxylic acids is 2. The van der Waals surface area contributed by atoms with Gasteiger partial charge in [-0.05, 0) is 115 Å². The SMILES string of the molecule is CC(C)[C@@H]1NC(=O)[C@H](Cc2c[nH]c3ccccc23)NC(=O)[C@@H]2CSCCC(=O)n3c(=O)n(c(=O)n(c3=O)C(O)CCSC[C@@H](C(N)=O)NC(=O)[C@@H]3CCCN3C(=O)[C@H](C(C)C)NC(=O)[C@H](Cc3c[nH]c4ccccc34)NC(=O)CNC(O)C(CC(=O)O)NC1=O)C(=O)CCSC[C@H](NC(=O)[C@H](C)NC(C)(C)C(=O)CN(C)C(C)(C)C(=O)CCN)C(=O)N[C@@H]([C@@H](C)O)C(=O)N[C@@H](CCC(=O)O)C(=O)N2. The minimum absolute atomic E-state index is 0.000644. The molecule has 0 aliphatic carbocycles. The molecule has 756 valence electrons. The van der Waals surface area contributed by atoms with Crippen LogP contribution in [0.4, 0.5) is 0 Å². The molecular formula is C88H125N21O26S3. The van der Waals surface area contributed by atoms with Crippen molar-refractivity contribution >= 4 is 163 Å². The molecule has 3 aliphatic rings. The Morgan fingerprint density at radius 2 is 1.10 bits per heavy atom. The number of hydrogen-bond donors (Lipinski definition) is 21. The van der Waals surface area contributed by atoms with Crippen molar-refractivity contribution in [3.63, 3.8) is 0 Å². The van der Waals surface area contributed by atoms with Gasteiger partial charge in [0.25, 0.3) is 0 Å². The number of amides is 12. The summed E-state index contributed by atoms with van der Waals surface area (Å²) >= 11 is 2.11. The van der Waals surface area contributed by atoms with Crippen LogP contribution in [0, 0.1) is 11.8 Å². The van der Waals surface area contributed by atoms with Crippen LogP contribution >= 0.6 is 35.3 Å². The monoisotopic (exact) mass is 1990 g/mol. The molecule has 0 saturated carbocycles. The van der Waals surface area contributed by atoms with E-state index in [1.165, 1.54) is 57.7 Å². The van der Waals surface area contributed by atoms with Crippen LogP contribution in [-0.2, 0) is 89.6 Å². The van der Waals surface area contributed by atoms with E-state index < -0.39 is 312 Å². The summed E-state index contributed by atoms with van der Waals surface area (Å²) in [5.74, 6) is -24.9. The molecule has 0 radical (unpaired) electrons. The predicted octanol–water partition coefficient (Wildman–Crippen LogP) is -4.99. The number of aromatic nitrogens is 5. The smallest absolute Gasteiger partial charge is 0.350 e. The number of H-pyrrole nitrogens is 2. The fraction of sp³-hybridized carbons (Fsp3) is 0.580. The Balaban J connectivity index is 1.23. The number of para-hydroxylation sites is 2. The van der Waals surface area contributed by atoms with Crippen molar-refractivity contribution in [1.29, 1.82) is 0 Å². The van der Waals surface area contributed by atoms with Gasteiger partial charge in [-0.1, -0.05) is 64.1 Å². The molecule has 12 amide bonds. The van der Waals surface area contributed by atoms with Crippen LogP contribution in [0.5, 0.6) is 0 Å². The molecule has 3 aromatic heterocycles. The lowest BCUT2D eigenvalue weighted by atomic mass is 9.92. The van der Waals surface area contributed by atoms with Crippen molar-refractivity contribution in [3.8, 4) is 0 Å². The second-order valence-electron chi connectivity index (χ2n) is 35.8. The summed E-state index contributed by atoms with van der Waals surface area (Å²) in [5, 5.41) is 87.0. The molecule has 50 heteroatoms. The number of ketones is 2. The number of aliphatic hydroxyl groups is 3. The van der Waals surface area contributed by atoms with E-state index in [9.17, 15) is 112 Å². The Labute approximate surface area is 804 Å². The fourth-order valence-corrected chi connectivity index (χ4v) is 18.5. The number of carbonyl (C=O) groups excluding carboxylic acids is 16. The maximum Gasteiger partial charge on any atom is 0.350 e. The highest BCUT2D eigenvalue weighted by Crippen LogP contribution is 2.27. The summed E-state index contributed by atoms with van der Waals surface area (Å²) in [5.41, 5.74) is 5.29. The van der Waals surface area contributed by atoms with Gasteiger partial charge in [-0.25, -0.2) is 19.0 Å². The number of rotatable bonds is 24. The first-order valence-corrected chi connectivity index (χ1v) is 48.4. The molecule has 15 atom stereocenters. The second kappa shape index (κ2) is 50.5. The van der Waals surface area contributed by atoms with E-state index in [-0.39, 0.29) is 70.6 Å². The number of thioether (sulfide) groups is 3. The first-order chi connectivity index (χ1) is 65.0. The molecule has 5 aromatic rings. The van der Waals surface area contributed by atoms with Crippen LogP contribution in [0.15, 0.2) is 75.3 Å². The van der Waals surface area contributed by atoms with Gasteiger partial charge < -0.3 is 105 Å². The average Bonchev–Trinajstić information content (AvgIpc) is 1.14. The third-order valence-electron chi connectivity index (χ3n) is 24.0. The molecule has 47 nitrogen and oxygen atoms in total. The van der Waals surface area contributed by atoms with Crippen molar-refractivity contribution in [2.24, 2.45) is 23.3 Å². The van der Waals surface area contributed by atoms with Gasteiger partial charge >= 0.3 is 29.0 Å². The molecule has 8 rings (SSSR count). The number of hydrogen-bond acceptors (Lipinski definition) is 31. The van der Waals surface area contributed by atoms with Crippen LogP contribution in [0.3, 0.4) is 0 Å². The highest BCUT2D eigenvalue weighted by molar-refractivity contribution is 7.99. The Hall–Kier alpha value is -12.0. The number of nitrogens with zero attached hydrogens (tertiary/aromatic N) is 5. The number of aromatic amines is 2. The topological polar surface area (TPSA) is 709 Å². The lowest BCUT2D eigenvalue weighted by Crippen LogP contribution is -2.63. The Kier molecular flexibility index (Phi) is 40.7. The van der Waals surface area contributed by atoms with Crippen molar-refractivity contribution in [2.45, 2.75) is 242 Å². The quantitative estimate of drug-likeness (QED) is 0.0275. The van der Waals surface area contributed by atoms with E-state index in [4.69, 9.17) is 11.5 Å². The predicted molar refractivity (Wildman–Crippen MR) is 506 cm³/mol. The summed E-state index contributed by atoms with van der Waals surface area (Å²) in [6.45, 7) is 13.3. The summed E-state index contributed by atoms with van der Waals surface area (Å²) in [6.07, 6.45) is -9.03. The van der Waals surface area contributed by atoms with Crippen LogP contribution < -0.4 is 92.3 Å². The Bertz CT molecular complexity index is 5540. The van der Waals surface area contributed by atoms with Crippen molar-refractivity contribution in [3.05, 3.63) is 104 Å². The molecule has 0 spiro atoms. The third kappa shape index (κ3) is 29.8. The van der Waals surface area contributed by atoms with Gasteiger partial charge in [0.1, 0.15) is 72.9 Å². The molecular weight excluding hydrogens is 1860 g/mol. The lowest BCUT2D eigenvalue weighted by Gasteiger charge is -2.36. The number of carbonyl (C=O) groups is 18. The maximum atomic E-state index is 15.5. The van der Waals surface area contributed by atoms with E-state index in [1.54, 1.807) is 82.4 Å². The zero-order valence-corrected chi connectivity index (χ0v) is 80.8. The average molecular weight is 1990 g/mol. The first kappa shape index (κ1) is 111. The van der Waals surface area contributed by atoms with Crippen molar-refractivity contribution in [2.75, 3.05) is 67.7 Å². The lowest BCUT2D eigenvalue weighted by molar-refractivity contribution is -0.143. The molecule has 3 aliphatic heterocycles. The summed E-state index contributed by atoms with van der Waals surface area (Å²) in [7, 11) is 1.53. The number of benzene rings is 2. The Morgan fingerprint density at radius 3 is 1.65 bits per heavy atom. The van der Waals surface area contributed by atoms with E-state index in [0.717, 1.165) is 18.7 Å². The molecule has 6 heterocycles. The Morgan fingerprint density at radius 1 is 0.572 bits per heavy atom. The number of fused-ring (bicyclic) bond motifs is 10. The fourth-order valence-electron chi connectivity index (χ4n) is 15.6. The number of aliphatic hydroxyl groups excluding tert-OH is 3. The van der Waals surface area contributed by atoms with E-state index >= 15 is 14.4 Å². The number of carboxylic acid groups (broad SMARTS) is 2. The third-order valence-corrected chi connectivity index (χ3v) is 27.2. The summed E-state index contributed by atoms with van der Waals surface area (Å²) in [6, 6.07) is -6.98. The summed E-state index contributed by atoms with van der Waals surface area (Å²) in [4.78, 5) is 311. The van der Waals surface area contributed by atoms with E-state index in [2.05, 4.69) is 73.8 Å². The highest BCUT2D eigenvalue weighted by Gasteiger charge is 2.45. The number of nitrogens with two attached hydrogens (primary N) is 2. The minimum Gasteiger partial charge on any atom is -0.481 e. The zero-order chi connectivity index (χ0) is 102. The van der Waals surface area contributed by atoms with Crippen molar-refractivity contribution < 1.29 is 112 Å². The van der Waals surface area contributed by atoms with Crippen molar-refractivity contribution in [1.82, 2.24) is 97.3 Å². The minimum atomic E-state index is -2.34. The second-order valence-corrected chi connectivity index (χ2v) is 39.2. The van der Waals surface area contributed by atoms with Gasteiger partial charge in [0, 0.05) is 114 Å². The highest BCUT2D eigenvalue weighted by atomic mass is 32.2. The molecule has 4 bridgehead atoms. The standard InChI is InChI=1S/C88H125N21O26S3/c1-43(2)69-81(130)97-56(35-68(119)120)74(123)93-38-63(113)94-54(33-47-36-91-51-19-14-12-17-49(47)51)76(125)102-70(44(3)4)83(132)106-29-16-21-60(106)80(129)98-57(72(90)121)40-136-30-25-64(114)107-84(133)108-65(115)26-31-137-41-58(78(127)96-55(77(126)101-69)34-48-37-92-52-20-15-13-18-50(48)52)100-75(124)53(22-23-67(117)118)95-82(131)71(46(6)110)103-79(128)59(42-138-32-27-66(116)109(85(107)134)86(108)135)99-73(122)45(5)104-87(7,8)62(112)39-105(11)88(9,10)61(111)24-28-89/h12-15,17-20,36-37,43-46,53-60,64,69-71,74,91-93,104,110,114,123H,16,21-35,38-42,89H2,1-11H3,(H2,90,121)(H,94,113)(H,95,131)(H,96,127)(H,97,130)(H,98,129)(H,99,122)(H,100,124)(H,101,126)(H,102,125)(H,103,128)(H,117,118)(H,119,120)/t45-,46+,53-,54-,55-,56?,57-,58-,59-,60-,64?,69-,70-,71-,74?/m0/s1. The van der Waals surface area contributed by atoms with Gasteiger partial charge in [0.2, 0.25) is 82.7 Å². The molecule has 1 fully saturated rings. The maximum absolute atomic E-state index is 15.5. The molecule has 2 aromatic carbocycles. The van der Waals surface area contributed by atoms with Crippen LogP contribution in [0.25, 0.3) is 21.8 Å². The summed E-state index contributed by atoms with van der Waals surface area (Å²) < 4.78 is -0.264.